The Morgan fingerprint density at radius 3 is 2.78 bits per heavy atom. The number of hydrogen-bond acceptors (Lipinski definition) is 7. The van der Waals surface area contributed by atoms with Gasteiger partial charge in [-0.1, -0.05) is 23.7 Å². The van der Waals surface area contributed by atoms with Crippen LogP contribution in [0.25, 0.3) is 20.8 Å². The predicted molar refractivity (Wildman–Crippen MR) is 139 cm³/mol. The fourth-order valence-electron chi connectivity index (χ4n) is 4.44. The summed E-state index contributed by atoms with van der Waals surface area (Å²) in [4.78, 5) is 4.70. The first-order valence-corrected chi connectivity index (χ1v) is 14.4. The molecule has 0 spiro atoms. The molecule has 37 heavy (non-hydrogen) atoms. The Bertz CT molecular complexity index is 1550. The highest BCUT2D eigenvalue weighted by Gasteiger charge is 2.31. The van der Waals surface area contributed by atoms with Gasteiger partial charge in [-0.25, -0.2) is 17.8 Å². The minimum absolute atomic E-state index is 0.0446. The lowest BCUT2D eigenvalue weighted by atomic mass is 10.1. The van der Waals surface area contributed by atoms with Crippen molar-refractivity contribution in [1.29, 1.82) is 0 Å². The molecule has 0 saturated carbocycles. The molecule has 1 aromatic heterocycles. The Morgan fingerprint density at radius 2 is 2.00 bits per heavy atom. The first kappa shape index (κ1) is 24.6. The van der Waals surface area contributed by atoms with Crippen molar-refractivity contribution in [3.8, 4) is 22.1 Å². The quantitative estimate of drug-likeness (QED) is 0.320. The van der Waals surface area contributed by atoms with E-state index in [1.165, 1.54) is 10.4 Å². The number of fused-ring (bicyclic) bond motifs is 2. The number of halogens is 2. The van der Waals surface area contributed by atoms with Gasteiger partial charge in [0, 0.05) is 30.6 Å². The average molecular weight is 561 g/mol. The summed E-state index contributed by atoms with van der Waals surface area (Å²) >= 11 is 7.43. The lowest BCUT2D eigenvalue weighted by Gasteiger charge is -2.20. The van der Waals surface area contributed by atoms with E-state index < -0.39 is 15.8 Å². The molecule has 0 bridgehead atoms. The van der Waals surface area contributed by atoms with Gasteiger partial charge >= 0.3 is 0 Å². The minimum atomic E-state index is -3.97. The van der Waals surface area contributed by atoms with Gasteiger partial charge in [0.15, 0.2) is 11.5 Å². The van der Waals surface area contributed by atoms with Crippen molar-refractivity contribution < 1.29 is 27.0 Å². The van der Waals surface area contributed by atoms with Crippen molar-refractivity contribution in [3.05, 3.63) is 71.0 Å². The van der Waals surface area contributed by atoms with E-state index in [0.717, 1.165) is 39.3 Å². The fraction of sp³-hybridized carbons (Fsp3) is 0.269. The molecule has 2 aliphatic rings. The normalized spacial score (nSPS) is 18.4. The number of sulfonamides is 1. The standard InChI is InChI=1S/C26H22ClFN2O5S2/c27-20-13-19(5-6-21(20)28)37(31,32)30-8-10-34-25-17(14-30)11-16(12-23(25)35-18-7-9-33-15-18)26-29-22-3-1-2-4-24(22)36-26/h1-6,11-13,18H,7-10,14-15H2. The first-order chi connectivity index (χ1) is 17.9. The van der Waals surface area contributed by atoms with Crippen LogP contribution in [-0.4, -0.2) is 50.2 Å². The van der Waals surface area contributed by atoms with Gasteiger partial charge in [0.05, 0.1) is 33.3 Å². The summed E-state index contributed by atoms with van der Waals surface area (Å²) in [5.74, 6) is 0.362. The van der Waals surface area contributed by atoms with Crippen molar-refractivity contribution in [2.24, 2.45) is 0 Å². The van der Waals surface area contributed by atoms with Crippen molar-refractivity contribution in [3.63, 3.8) is 0 Å². The molecule has 1 saturated heterocycles. The molecule has 0 aliphatic carbocycles. The largest absolute Gasteiger partial charge is 0.488 e. The van der Waals surface area contributed by atoms with Crippen LogP contribution in [0.3, 0.4) is 0 Å². The molecule has 6 rings (SSSR count). The van der Waals surface area contributed by atoms with Crippen LogP contribution in [0, 0.1) is 5.82 Å². The van der Waals surface area contributed by atoms with E-state index >= 15 is 0 Å². The molecule has 11 heteroatoms. The third kappa shape index (κ3) is 4.80. The topological polar surface area (TPSA) is 78.0 Å². The molecule has 0 radical (unpaired) electrons. The van der Waals surface area contributed by atoms with E-state index in [9.17, 15) is 12.8 Å². The Kier molecular flexibility index (Phi) is 6.54. The smallest absolute Gasteiger partial charge is 0.243 e. The second-order valence-corrected chi connectivity index (χ2v) is 12.2. The lowest BCUT2D eigenvalue weighted by Crippen LogP contribution is -2.32. The summed E-state index contributed by atoms with van der Waals surface area (Å²) in [6.45, 7) is 1.38. The van der Waals surface area contributed by atoms with E-state index in [4.69, 9.17) is 30.8 Å². The molecule has 4 aromatic rings. The second kappa shape index (κ2) is 9.85. The SMILES string of the molecule is O=S(=O)(c1ccc(F)c(Cl)c1)N1CCOc2c(cc(-c3nc4ccccc4s3)cc2OC2CCOC2)C1. The number of thiazole rings is 1. The third-order valence-corrected chi connectivity index (χ3v) is 9.53. The maximum absolute atomic E-state index is 13.7. The highest BCUT2D eigenvalue weighted by atomic mass is 35.5. The highest BCUT2D eigenvalue weighted by Crippen LogP contribution is 2.42. The zero-order valence-corrected chi connectivity index (χ0v) is 21.9. The monoisotopic (exact) mass is 560 g/mol. The van der Waals surface area contributed by atoms with Crippen molar-refractivity contribution in [1.82, 2.24) is 9.29 Å². The average Bonchev–Trinajstić information content (AvgIpc) is 3.50. The Balaban J connectivity index is 1.42. The van der Waals surface area contributed by atoms with Gasteiger partial charge in [-0.2, -0.15) is 4.31 Å². The van der Waals surface area contributed by atoms with Crippen molar-refractivity contribution >= 4 is 43.2 Å². The first-order valence-electron chi connectivity index (χ1n) is 11.7. The molecule has 0 amide bonds. The lowest BCUT2D eigenvalue weighted by molar-refractivity contribution is 0.137. The van der Waals surface area contributed by atoms with Gasteiger partial charge in [-0.15, -0.1) is 11.3 Å². The molecule has 0 N–H and O–H groups in total. The molecule has 2 aliphatic heterocycles. The molecule has 192 valence electrons. The summed E-state index contributed by atoms with van der Waals surface area (Å²) in [7, 11) is -3.97. The van der Waals surface area contributed by atoms with Gasteiger partial charge in [-0.3, -0.25) is 0 Å². The van der Waals surface area contributed by atoms with Crippen LogP contribution in [0.1, 0.15) is 12.0 Å². The number of nitrogens with zero attached hydrogens (tertiary/aromatic N) is 2. The van der Waals surface area contributed by atoms with Crippen LogP contribution < -0.4 is 9.47 Å². The van der Waals surface area contributed by atoms with Crippen LogP contribution in [0.4, 0.5) is 4.39 Å². The fourth-order valence-corrected chi connectivity index (χ4v) is 7.07. The minimum Gasteiger partial charge on any atom is -0.488 e. The maximum Gasteiger partial charge on any atom is 0.243 e. The van der Waals surface area contributed by atoms with Crippen LogP contribution in [0.15, 0.2) is 59.5 Å². The Morgan fingerprint density at radius 1 is 1.14 bits per heavy atom. The maximum atomic E-state index is 13.7. The summed E-state index contributed by atoms with van der Waals surface area (Å²) in [5, 5.41) is 0.542. The summed E-state index contributed by atoms with van der Waals surface area (Å²) in [6.07, 6.45) is 0.633. The second-order valence-electron chi connectivity index (χ2n) is 8.82. The summed E-state index contributed by atoms with van der Waals surface area (Å²) < 4.78 is 60.9. The van der Waals surface area contributed by atoms with Gasteiger partial charge in [0.1, 0.15) is 23.5 Å². The molecule has 3 heterocycles. The van der Waals surface area contributed by atoms with E-state index in [0.29, 0.717) is 30.3 Å². The zero-order chi connectivity index (χ0) is 25.6. The van der Waals surface area contributed by atoms with Gasteiger partial charge in [0.2, 0.25) is 10.0 Å². The number of hydrogen-bond donors (Lipinski definition) is 0. The van der Waals surface area contributed by atoms with Crippen LogP contribution in [-0.2, 0) is 21.3 Å². The molecule has 1 fully saturated rings. The molecule has 7 nitrogen and oxygen atoms in total. The van der Waals surface area contributed by atoms with Gasteiger partial charge in [0.25, 0.3) is 0 Å². The number of rotatable bonds is 5. The number of aromatic nitrogens is 1. The predicted octanol–water partition coefficient (Wildman–Crippen LogP) is 5.51. The van der Waals surface area contributed by atoms with Crippen LogP contribution >= 0.6 is 22.9 Å². The molecular weight excluding hydrogens is 539 g/mol. The molecule has 1 unspecified atom stereocenters. The van der Waals surface area contributed by atoms with E-state index in [-0.39, 0.29) is 35.7 Å². The number of ether oxygens (including phenoxy) is 3. The summed E-state index contributed by atoms with van der Waals surface area (Å²) in [5.41, 5.74) is 2.35. The van der Waals surface area contributed by atoms with Crippen molar-refractivity contribution in [2.45, 2.75) is 24.0 Å². The van der Waals surface area contributed by atoms with E-state index in [1.807, 2.05) is 36.4 Å². The van der Waals surface area contributed by atoms with Crippen LogP contribution in [0.5, 0.6) is 11.5 Å². The van der Waals surface area contributed by atoms with Gasteiger partial charge < -0.3 is 14.2 Å². The number of benzene rings is 3. The van der Waals surface area contributed by atoms with E-state index in [1.54, 1.807) is 11.3 Å². The third-order valence-electron chi connectivity index (χ3n) is 6.32. The molecule has 1 atom stereocenters. The molecular formula is C26H22ClFN2O5S2. The molecule has 3 aromatic carbocycles. The Hall–Kier alpha value is -2.76. The van der Waals surface area contributed by atoms with Crippen LogP contribution in [0.2, 0.25) is 5.02 Å². The highest BCUT2D eigenvalue weighted by molar-refractivity contribution is 7.89. The number of para-hydroxylation sites is 1. The Labute approximate surface area is 222 Å². The van der Waals surface area contributed by atoms with Gasteiger partial charge in [-0.05, 0) is 42.5 Å². The zero-order valence-electron chi connectivity index (χ0n) is 19.5. The van der Waals surface area contributed by atoms with Crippen molar-refractivity contribution in [2.75, 3.05) is 26.4 Å². The van der Waals surface area contributed by atoms with E-state index in [2.05, 4.69) is 0 Å². The summed E-state index contributed by atoms with van der Waals surface area (Å²) in [6, 6.07) is 15.1.